The van der Waals surface area contributed by atoms with Crippen LogP contribution in [0.25, 0.3) is 10.9 Å². The summed E-state index contributed by atoms with van der Waals surface area (Å²) in [4.78, 5) is 40.1. The molecular formula is C16H14N4O5. The molecule has 2 aromatic heterocycles. The summed E-state index contributed by atoms with van der Waals surface area (Å²) in [7, 11) is 0. The Morgan fingerprint density at radius 2 is 2.20 bits per heavy atom. The zero-order valence-electron chi connectivity index (χ0n) is 13.2. The molecule has 0 radical (unpaired) electrons. The average Bonchev–Trinajstić information content (AvgIpc) is 3.01. The second kappa shape index (κ2) is 6.56. The van der Waals surface area contributed by atoms with Crippen molar-refractivity contribution in [1.29, 1.82) is 0 Å². The van der Waals surface area contributed by atoms with Gasteiger partial charge in [-0.2, -0.15) is 0 Å². The van der Waals surface area contributed by atoms with Gasteiger partial charge in [0, 0.05) is 12.6 Å². The molecule has 0 saturated heterocycles. The molecule has 0 aliphatic rings. The molecule has 0 bridgehead atoms. The normalized spacial score (nSPS) is 10.8. The third kappa shape index (κ3) is 3.25. The summed E-state index contributed by atoms with van der Waals surface area (Å²) in [6.07, 6.45) is 1.69. The van der Waals surface area contributed by atoms with Crippen LogP contribution in [0.5, 0.6) is 0 Å². The lowest BCUT2D eigenvalue weighted by molar-refractivity contribution is -0.137. The van der Waals surface area contributed by atoms with Gasteiger partial charge in [0.1, 0.15) is 5.76 Å². The maximum absolute atomic E-state index is 12.5. The quantitative estimate of drug-likeness (QED) is 0.674. The first-order valence-corrected chi connectivity index (χ1v) is 7.38. The van der Waals surface area contributed by atoms with E-state index in [1.54, 1.807) is 25.1 Å². The lowest BCUT2D eigenvalue weighted by Crippen LogP contribution is -2.22. The molecule has 9 heteroatoms. The average molecular weight is 342 g/mol. The van der Waals surface area contributed by atoms with Crippen molar-refractivity contribution in [2.24, 2.45) is 0 Å². The van der Waals surface area contributed by atoms with E-state index in [2.05, 4.69) is 10.1 Å². The SMILES string of the molecule is Cc1cc(N(C=O)c2ccc3ncn(CCC(=O)O)c(=O)c3c2)no1. The molecule has 0 fully saturated rings. The van der Waals surface area contributed by atoms with E-state index < -0.39 is 5.97 Å². The van der Waals surface area contributed by atoms with E-state index >= 15 is 0 Å². The molecule has 3 aromatic rings. The first-order valence-electron chi connectivity index (χ1n) is 7.38. The Kier molecular flexibility index (Phi) is 4.29. The van der Waals surface area contributed by atoms with E-state index in [4.69, 9.17) is 9.63 Å². The molecule has 0 aliphatic heterocycles. The Labute approximate surface area is 141 Å². The molecule has 0 aliphatic carbocycles. The van der Waals surface area contributed by atoms with Crippen LogP contribution in [-0.4, -0.2) is 32.2 Å². The van der Waals surface area contributed by atoms with Crippen molar-refractivity contribution in [1.82, 2.24) is 14.7 Å². The van der Waals surface area contributed by atoms with Crippen LogP contribution in [0.15, 0.2) is 39.9 Å². The van der Waals surface area contributed by atoms with E-state index in [0.717, 1.165) is 0 Å². The standard InChI is InChI=1S/C16H14N4O5/c1-10-6-14(18-25-10)20(9-21)11-2-3-13-12(7-11)16(24)19(8-17-13)5-4-15(22)23/h2-3,6-9H,4-5H2,1H3,(H,22,23). The van der Waals surface area contributed by atoms with Gasteiger partial charge < -0.3 is 9.63 Å². The van der Waals surface area contributed by atoms with Gasteiger partial charge in [-0.05, 0) is 25.1 Å². The number of aromatic nitrogens is 3. The number of carbonyl (C=O) groups is 2. The minimum Gasteiger partial charge on any atom is -0.481 e. The molecular weight excluding hydrogens is 328 g/mol. The number of rotatable bonds is 6. The Morgan fingerprint density at radius 3 is 2.84 bits per heavy atom. The van der Waals surface area contributed by atoms with Crippen LogP contribution >= 0.6 is 0 Å². The summed E-state index contributed by atoms with van der Waals surface area (Å²) in [5.41, 5.74) is 0.489. The number of carbonyl (C=O) groups excluding carboxylic acids is 1. The smallest absolute Gasteiger partial charge is 0.305 e. The number of benzene rings is 1. The molecule has 0 atom stereocenters. The predicted octanol–water partition coefficient (Wildman–Crippen LogP) is 1.46. The highest BCUT2D eigenvalue weighted by Gasteiger charge is 2.15. The van der Waals surface area contributed by atoms with Crippen molar-refractivity contribution < 1.29 is 19.2 Å². The molecule has 1 N–H and O–H groups in total. The third-order valence-electron chi connectivity index (χ3n) is 3.62. The fourth-order valence-electron chi connectivity index (χ4n) is 2.39. The third-order valence-corrected chi connectivity index (χ3v) is 3.62. The highest BCUT2D eigenvalue weighted by Crippen LogP contribution is 2.25. The fraction of sp³-hybridized carbons (Fsp3) is 0.188. The Morgan fingerprint density at radius 1 is 1.40 bits per heavy atom. The van der Waals surface area contributed by atoms with Crippen molar-refractivity contribution in [2.45, 2.75) is 19.9 Å². The number of hydrogen-bond acceptors (Lipinski definition) is 6. The molecule has 1 amide bonds. The Bertz CT molecular complexity index is 1010. The van der Waals surface area contributed by atoms with E-state index in [1.165, 1.54) is 21.9 Å². The van der Waals surface area contributed by atoms with Gasteiger partial charge in [-0.3, -0.25) is 23.9 Å². The van der Waals surface area contributed by atoms with Gasteiger partial charge in [-0.15, -0.1) is 0 Å². The maximum Gasteiger partial charge on any atom is 0.305 e. The van der Waals surface area contributed by atoms with E-state index in [-0.39, 0.29) is 23.9 Å². The number of anilines is 2. The Hall–Kier alpha value is -3.49. The zero-order chi connectivity index (χ0) is 18.0. The maximum atomic E-state index is 12.5. The second-order valence-electron chi connectivity index (χ2n) is 5.36. The summed E-state index contributed by atoms with van der Waals surface area (Å²) in [5.74, 6) is -0.170. The van der Waals surface area contributed by atoms with Gasteiger partial charge in [0.2, 0.25) is 6.41 Å². The summed E-state index contributed by atoms with van der Waals surface area (Å²) in [6.45, 7) is 1.71. The van der Waals surface area contributed by atoms with Gasteiger partial charge in [-0.25, -0.2) is 4.98 Å². The topological polar surface area (TPSA) is 119 Å². The van der Waals surface area contributed by atoms with Crippen LogP contribution in [-0.2, 0) is 16.1 Å². The van der Waals surface area contributed by atoms with Crippen molar-refractivity contribution in [2.75, 3.05) is 4.90 Å². The molecule has 1 aromatic carbocycles. The van der Waals surface area contributed by atoms with Crippen molar-refractivity contribution >= 4 is 34.8 Å². The van der Waals surface area contributed by atoms with Gasteiger partial charge in [0.05, 0.1) is 29.3 Å². The number of amides is 1. The van der Waals surface area contributed by atoms with E-state index in [9.17, 15) is 14.4 Å². The van der Waals surface area contributed by atoms with E-state index in [1.807, 2.05) is 0 Å². The van der Waals surface area contributed by atoms with Crippen LogP contribution in [0.1, 0.15) is 12.2 Å². The highest BCUT2D eigenvalue weighted by atomic mass is 16.5. The van der Waals surface area contributed by atoms with Crippen LogP contribution in [0.4, 0.5) is 11.5 Å². The number of carboxylic acid groups (broad SMARTS) is 1. The van der Waals surface area contributed by atoms with Crippen LogP contribution in [0.3, 0.4) is 0 Å². The summed E-state index contributed by atoms with van der Waals surface area (Å²) < 4.78 is 6.20. The fourth-order valence-corrected chi connectivity index (χ4v) is 2.39. The van der Waals surface area contributed by atoms with Crippen LogP contribution in [0, 0.1) is 6.92 Å². The van der Waals surface area contributed by atoms with Crippen LogP contribution in [0.2, 0.25) is 0 Å². The van der Waals surface area contributed by atoms with E-state index in [0.29, 0.717) is 29.2 Å². The number of nitrogens with zero attached hydrogens (tertiary/aromatic N) is 4. The Balaban J connectivity index is 2.05. The number of aliphatic carboxylic acids is 1. The summed E-state index contributed by atoms with van der Waals surface area (Å²) in [5, 5.41) is 12.8. The second-order valence-corrected chi connectivity index (χ2v) is 5.36. The number of fused-ring (bicyclic) bond motifs is 1. The monoisotopic (exact) mass is 342 g/mol. The first kappa shape index (κ1) is 16.4. The summed E-state index contributed by atoms with van der Waals surface area (Å²) >= 11 is 0. The lowest BCUT2D eigenvalue weighted by Gasteiger charge is -2.14. The molecule has 0 spiro atoms. The molecule has 3 rings (SSSR count). The van der Waals surface area contributed by atoms with Crippen molar-refractivity contribution in [3.05, 3.63) is 46.7 Å². The van der Waals surface area contributed by atoms with Gasteiger partial charge in [0.15, 0.2) is 5.82 Å². The van der Waals surface area contributed by atoms with Crippen molar-refractivity contribution in [3.8, 4) is 0 Å². The van der Waals surface area contributed by atoms with Gasteiger partial charge >= 0.3 is 5.97 Å². The number of carboxylic acids is 1. The minimum absolute atomic E-state index is 0.0151. The number of hydrogen-bond donors (Lipinski definition) is 1. The molecule has 2 heterocycles. The first-order chi connectivity index (χ1) is 12.0. The van der Waals surface area contributed by atoms with Crippen molar-refractivity contribution in [3.63, 3.8) is 0 Å². The zero-order valence-corrected chi connectivity index (χ0v) is 13.2. The summed E-state index contributed by atoms with van der Waals surface area (Å²) in [6, 6.07) is 6.35. The molecule has 0 saturated carbocycles. The minimum atomic E-state index is -1.01. The number of aryl methyl sites for hydroxylation is 2. The molecule has 9 nitrogen and oxygen atoms in total. The van der Waals surface area contributed by atoms with Gasteiger partial charge in [0.25, 0.3) is 5.56 Å². The lowest BCUT2D eigenvalue weighted by atomic mass is 10.2. The predicted molar refractivity (Wildman–Crippen MR) is 87.7 cm³/mol. The largest absolute Gasteiger partial charge is 0.481 e. The molecule has 25 heavy (non-hydrogen) atoms. The highest BCUT2D eigenvalue weighted by molar-refractivity contribution is 5.90. The molecule has 128 valence electrons. The van der Waals surface area contributed by atoms with Crippen LogP contribution < -0.4 is 10.5 Å². The van der Waals surface area contributed by atoms with Gasteiger partial charge in [-0.1, -0.05) is 5.16 Å². The molecule has 0 unspecified atom stereocenters.